The smallest absolute Gasteiger partial charge is 0.247 e. The molecule has 17 heavy (non-hydrogen) atoms. The van der Waals surface area contributed by atoms with Crippen molar-refractivity contribution in [2.45, 2.75) is 25.8 Å². The minimum atomic E-state index is -0.123. The second-order valence-electron chi connectivity index (χ2n) is 4.62. The second-order valence-corrected chi connectivity index (χ2v) is 4.96. The van der Waals surface area contributed by atoms with E-state index in [0.717, 1.165) is 25.2 Å². The number of amides is 1. The molecule has 90 valence electrons. The lowest BCUT2D eigenvalue weighted by atomic mass is 9.89. The van der Waals surface area contributed by atoms with Crippen LogP contribution < -0.4 is 10.2 Å². The summed E-state index contributed by atoms with van der Waals surface area (Å²) in [6, 6.07) is -0.123. The number of aromatic nitrogens is 2. The van der Waals surface area contributed by atoms with Crippen LogP contribution >= 0.6 is 11.6 Å². The van der Waals surface area contributed by atoms with Crippen molar-refractivity contribution in [3.8, 4) is 0 Å². The maximum absolute atomic E-state index is 12.0. The van der Waals surface area contributed by atoms with Crippen molar-refractivity contribution in [2.75, 3.05) is 16.8 Å². The van der Waals surface area contributed by atoms with Crippen LogP contribution in [-0.4, -0.2) is 28.5 Å². The molecule has 1 aromatic rings. The lowest BCUT2D eigenvalue weighted by molar-refractivity contribution is -0.119. The molecule has 1 fully saturated rings. The Morgan fingerprint density at radius 2 is 2.41 bits per heavy atom. The minimum Gasteiger partial charge on any atom is -0.342 e. The van der Waals surface area contributed by atoms with Gasteiger partial charge in [0.25, 0.3) is 0 Å². The van der Waals surface area contributed by atoms with Crippen LogP contribution in [0.1, 0.15) is 19.8 Å². The van der Waals surface area contributed by atoms with Crippen molar-refractivity contribution >= 4 is 29.0 Å². The van der Waals surface area contributed by atoms with E-state index in [2.05, 4.69) is 27.1 Å². The van der Waals surface area contributed by atoms with Crippen molar-refractivity contribution in [2.24, 2.45) is 5.92 Å². The fraction of sp³-hybridized carbons (Fsp3) is 0.545. The maximum atomic E-state index is 12.0. The molecule has 5 nitrogen and oxygen atoms in total. The van der Waals surface area contributed by atoms with Crippen LogP contribution in [0.5, 0.6) is 0 Å². The third-order valence-electron chi connectivity index (χ3n) is 3.47. The van der Waals surface area contributed by atoms with Crippen molar-refractivity contribution < 1.29 is 4.79 Å². The van der Waals surface area contributed by atoms with Crippen molar-refractivity contribution in [1.29, 1.82) is 0 Å². The molecule has 2 unspecified atom stereocenters. The summed E-state index contributed by atoms with van der Waals surface area (Å²) in [5, 5.41) is 3.07. The van der Waals surface area contributed by atoms with Gasteiger partial charge in [0, 0.05) is 6.54 Å². The summed E-state index contributed by atoms with van der Waals surface area (Å²) in [6.07, 6.45) is 3.72. The first-order valence-corrected chi connectivity index (χ1v) is 6.14. The maximum Gasteiger partial charge on any atom is 0.247 e. The summed E-state index contributed by atoms with van der Waals surface area (Å²) in [5.74, 6) is 1.13. The molecule has 3 rings (SSSR count). The molecule has 0 saturated carbocycles. The van der Waals surface area contributed by atoms with Gasteiger partial charge >= 0.3 is 0 Å². The van der Waals surface area contributed by atoms with Crippen LogP contribution in [-0.2, 0) is 4.79 Å². The summed E-state index contributed by atoms with van der Waals surface area (Å²) >= 11 is 5.82. The normalized spacial score (nSPS) is 27.2. The third-order valence-corrected chi connectivity index (χ3v) is 3.65. The summed E-state index contributed by atoms with van der Waals surface area (Å²) in [6.45, 7) is 2.95. The summed E-state index contributed by atoms with van der Waals surface area (Å²) in [5.41, 5.74) is 0.657. The Bertz CT molecular complexity index is 479. The van der Waals surface area contributed by atoms with Crippen LogP contribution in [0.15, 0.2) is 6.20 Å². The van der Waals surface area contributed by atoms with E-state index in [1.54, 1.807) is 6.20 Å². The molecule has 0 radical (unpaired) electrons. The molecule has 2 atom stereocenters. The molecule has 2 aliphatic rings. The molecule has 1 aromatic heterocycles. The highest BCUT2D eigenvalue weighted by Gasteiger charge is 2.39. The standard InChI is InChI=1S/C11H13ClN4O/c1-6-3-2-4-16-8(6)10(17)14-7-5-13-11(12)15-9(7)16/h5-6,8H,2-4H2,1H3,(H,14,17). The number of hydrogen-bond acceptors (Lipinski definition) is 4. The first-order chi connectivity index (χ1) is 8.16. The average molecular weight is 253 g/mol. The van der Waals surface area contributed by atoms with Crippen molar-refractivity contribution in [3.63, 3.8) is 0 Å². The molecule has 0 aliphatic carbocycles. The van der Waals surface area contributed by atoms with Gasteiger partial charge in [0.15, 0.2) is 5.82 Å². The lowest BCUT2D eigenvalue weighted by Gasteiger charge is -2.43. The van der Waals surface area contributed by atoms with Crippen LogP contribution in [0.3, 0.4) is 0 Å². The molecule has 2 aliphatic heterocycles. The Kier molecular flexibility index (Phi) is 2.43. The number of fused-ring (bicyclic) bond motifs is 3. The Morgan fingerprint density at radius 1 is 1.59 bits per heavy atom. The topological polar surface area (TPSA) is 58.1 Å². The van der Waals surface area contributed by atoms with Crippen molar-refractivity contribution in [3.05, 3.63) is 11.5 Å². The van der Waals surface area contributed by atoms with Crippen molar-refractivity contribution in [1.82, 2.24) is 9.97 Å². The molecule has 0 spiro atoms. The van der Waals surface area contributed by atoms with Crippen LogP contribution in [0.4, 0.5) is 11.5 Å². The number of rotatable bonds is 0. The van der Waals surface area contributed by atoms with E-state index in [9.17, 15) is 4.79 Å². The molecule has 3 heterocycles. The number of piperidine rings is 1. The molecule has 1 saturated heterocycles. The van der Waals surface area contributed by atoms with E-state index < -0.39 is 0 Å². The average Bonchev–Trinajstić information content (AvgIpc) is 2.30. The van der Waals surface area contributed by atoms with E-state index in [1.165, 1.54) is 0 Å². The zero-order chi connectivity index (χ0) is 12.0. The highest BCUT2D eigenvalue weighted by Crippen LogP contribution is 2.36. The van der Waals surface area contributed by atoms with Gasteiger partial charge in [-0.15, -0.1) is 0 Å². The van der Waals surface area contributed by atoms with Gasteiger partial charge in [-0.25, -0.2) is 4.98 Å². The van der Waals surface area contributed by atoms with Gasteiger partial charge in [-0.2, -0.15) is 4.98 Å². The highest BCUT2D eigenvalue weighted by atomic mass is 35.5. The first-order valence-electron chi connectivity index (χ1n) is 5.77. The first kappa shape index (κ1) is 10.8. The SMILES string of the molecule is CC1CCCN2c3nc(Cl)ncc3NC(=O)C12. The quantitative estimate of drug-likeness (QED) is 0.714. The highest BCUT2D eigenvalue weighted by molar-refractivity contribution is 6.28. The second kappa shape index (κ2) is 3.84. The summed E-state index contributed by atoms with van der Waals surface area (Å²) in [4.78, 5) is 22.2. The van der Waals surface area contributed by atoms with Gasteiger partial charge < -0.3 is 10.2 Å². The van der Waals surface area contributed by atoms with Crippen LogP contribution in [0.25, 0.3) is 0 Å². The summed E-state index contributed by atoms with van der Waals surface area (Å²) in [7, 11) is 0. The molecule has 6 heteroatoms. The largest absolute Gasteiger partial charge is 0.342 e. The number of anilines is 2. The predicted octanol–water partition coefficient (Wildman–Crippen LogP) is 1.69. The Labute approximate surface area is 104 Å². The van der Waals surface area contributed by atoms with Gasteiger partial charge in [0.1, 0.15) is 11.7 Å². The minimum absolute atomic E-state index is 0.0376. The van der Waals surface area contributed by atoms with Gasteiger partial charge in [-0.1, -0.05) is 6.92 Å². The van der Waals surface area contributed by atoms with E-state index in [4.69, 9.17) is 11.6 Å². The molecule has 1 N–H and O–H groups in total. The number of hydrogen-bond donors (Lipinski definition) is 1. The lowest BCUT2D eigenvalue weighted by Crippen LogP contribution is -2.54. The number of nitrogens with zero attached hydrogens (tertiary/aromatic N) is 3. The Morgan fingerprint density at radius 3 is 3.24 bits per heavy atom. The van der Waals surface area contributed by atoms with Gasteiger partial charge in [-0.05, 0) is 30.4 Å². The number of halogens is 1. The number of carbonyl (C=O) groups excluding carboxylic acids is 1. The fourth-order valence-corrected chi connectivity index (χ4v) is 2.82. The molecule has 0 bridgehead atoms. The fourth-order valence-electron chi connectivity index (χ4n) is 2.69. The number of carbonyl (C=O) groups is 1. The summed E-state index contributed by atoms with van der Waals surface area (Å²) < 4.78 is 0. The predicted molar refractivity (Wildman–Crippen MR) is 65.2 cm³/mol. The number of nitrogens with one attached hydrogen (secondary N) is 1. The van der Waals surface area contributed by atoms with E-state index in [-0.39, 0.29) is 17.2 Å². The Balaban J connectivity index is 2.08. The van der Waals surface area contributed by atoms with Gasteiger partial charge in [0.2, 0.25) is 11.2 Å². The van der Waals surface area contributed by atoms with E-state index >= 15 is 0 Å². The molecule has 1 amide bonds. The van der Waals surface area contributed by atoms with Crippen LogP contribution in [0, 0.1) is 5.92 Å². The zero-order valence-electron chi connectivity index (χ0n) is 9.48. The monoisotopic (exact) mass is 252 g/mol. The van der Waals surface area contributed by atoms with Crippen LogP contribution in [0.2, 0.25) is 5.28 Å². The molecular weight excluding hydrogens is 240 g/mol. The third kappa shape index (κ3) is 1.65. The van der Waals surface area contributed by atoms with Gasteiger partial charge in [-0.3, -0.25) is 4.79 Å². The Hall–Kier alpha value is -1.36. The van der Waals surface area contributed by atoms with E-state index in [1.807, 2.05) is 0 Å². The molecule has 0 aromatic carbocycles. The molecular formula is C11H13ClN4O. The van der Waals surface area contributed by atoms with E-state index in [0.29, 0.717) is 11.6 Å². The zero-order valence-corrected chi connectivity index (χ0v) is 10.2. The van der Waals surface area contributed by atoms with Gasteiger partial charge in [0.05, 0.1) is 6.20 Å².